The second-order valence-corrected chi connectivity index (χ2v) is 5.76. The molecule has 0 unspecified atom stereocenters. The zero-order chi connectivity index (χ0) is 13.9. The van der Waals surface area contributed by atoms with Crippen LogP contribution in [0.1, 0.15) is 11.3 Å². The van der Waals surface area contributed by atoms with Crippen molar-refractivity contribution >= 4 is 15.7 Å². The van der Waals surface area contributed by atoms with Crippen molar-refractivity contribution in [2.45, 2.75) is 18.4 Å². The van der Waals surface area contributed by atoms with E-state index in [2.05, 4.69) is 10.3 Å². The van der Waals surface area contributed by atoms with Crippen molar-refractivity contribution in [2.75, 3.05) is 5.32 Å². The molecule has 0 aliphatic rings. The maximum absolute atomic E-state index is 11.3. The van der Waals surface area contributed by atoms with E-state index in [0.29, 0.717) is 6.54 Å². The number of sulfonamides is 1. The molecule has 3 N–H and O–H groups in total. The lowest BCUT2D eigenvalue weighted by Crippen LogP contribution is -2.13. The van der Waals surface area contributed by atoms with Gasteiger partial charge in [0.1, 0.15) is 0 Å². The number of pyridine rings is 1. The van der Waals surface area contributed by atoms with E-state index in [4.69, 9.17) is 5.14 Å². The molecule has 0 saturated carbocycles. The fraction of sp³-hybridized carbons (Fsp3) is 0.154. The molecule has 0 atom stereocenters. The van der Waals surface area contributed by atoms with Crippen molar-refractivity contribution in [2.24, 2.45) is 5.14 Å². The number of aryl methyl sites for hydroxylation is 1. The zero-order valence-electron chi connectivity index (χ0n) is 10.5. The average Bonchev–Trinajstić information content (AvgIpc) is 2.37. The standard InChI is InChI=1S/C13H15N3O2S/c1-10-5-6-12(19(14,17)18)8-13(10)16-9-11-4-2-3-7-15-11/h2-8,16H,9H2,1H3,(H2,14,17,18). The Morgan fingerprint density at radius 3 is 2.68 bits per heavy atom. The number of nitrogens with two attached hydrogens (primary N) is 1. The third kappa shape index (κ3) is 3.52. The van der Waals surface area contributed by atoms with E-state index in [0.717, 1.165) is 16.9 Å². The van der Waals surface area contributed by atoms with Gasteiger partial charge in [-0.1, -0.05) is 12.1 Å². The molecule has 0 aliphatic heterocycles. The molecule has 0 fully saturated rings. The first-order valence-corrected chi connectivity index (χ1v) is 7.29. The molecule has 2 aromatic rings. The molecular formula is C13H15N3O2S. The molecule has 0 aliphatic carbocycles. The van der Waals surface area contributed by atoms with E-state index in [9.17, 15) is 8.42 Å². The summed E-state index contributed by atoms with van der Waals surface area (Å²) in [6, 6.07) is 10.4. The Bertz CT molecular complexity index is 670. The topological polar surface area (TPSA) is 85.1 Å². The van der Waals surface area contributed by atoms with Crippen molar-refractivity contribution in [1.82, 2.24) is 4.98 Å². The van der Waals surface area contributed by atoms with Gasteiger partial charge in [-0.25, -0.2) is 13.6 Å². The molecule has 2 rings (SSSR count). The summed E-state index contributed by atoms with van der Waals surface area (Å²) in [5, 5.41) is 8.27. The van der Waals surface area contributed by atoms with E-state index in [1.807, 2.05) is 25.1 Å². The third-order valence-corrected chi connectivity index (χ3v) is 3.63. The maximum Gasteiger partial charge on any atom is 0.238 e. The molecule has 0 radical (unpaired) electrons. The fourth-order valence-corrected chi connectivity index (χ4v) is 2.20. The van der Waals surface area contributed by atoms with Crippen molar-refractivity contribution in [1.29, 1.82) is 0 Å². The highest BCUT2D eigenvalue weighted by Gasteiger charge is 2.09. The van der Waals surface area contributed by atoms with Gasteiger partial charge < -0.3 is 5.32 Å². The molecular weight excluding hydrogens is 262 g/mol. The Morgan fingerprint density at radius 2 is 2.05 bits per heavy atom. The zero-order valence-corrected chi connectivity index (χ0v) is 11.3. The van der Waals surface area contributed by atoms with Crippen LogP contribution >= 0.6 is 0 Å². The number of rotatable bonds is 4. The van der Waals surface area contributed by atoms with Crippen molar-refractivity contribution in [3.8, 4) is 0 Å². The summed E-state index contributed by atoms with van der Waals surface area (Å²) in [4.78, 5) is 4.29. The van der Waals surface area contributed by atoms with Crippen LogP contribution in [0.5, 0.6) is 0 Å². The Kier molecular flexibility index (Phi) is 3.82. The van der Waals surface area contributed by atoms with Crippen LogP contribution in [-0.2, 0) is 16.6 Å². The minimum atomic E-state index is -3.68. The van der Waals surface area contributed by atoms with Gasteiger partial charge in [0.15, 0.2) is 0 Å². The number of benzene rings is 1. The Labute approximate surface area is 112 Å². The first kappa shape index (κ1) is 13.5. The van der Waals surface area contributed by atoms with Gasteiger partial charge in [0, 0.05) is 11.9 Å². The number of hydrogen-bond donors (Lipinski definition) is 2. The van der Waals surface area contributed by atoms with Crippen LogP contribution in [0.15, 0.2) is 47.5 Å². The van der Waals surface area contributed by atoms with Crippen LogP contribution < -0.4 is 10.5 Å². The van der Waals surface area contributed by atoms with Crippen LogP contribution in [0.25, 0.3) is 0 Å². The molecule has 5 nitrogen and oxygen atoms in total. The van der Waals surface area contributed by atoms with Crippen molar-refractivity contribution in [3.05, 3.63) is 53.9 Å². The van der Waals surface area contributed by atoms with Crippen molar-refractivity contribution in [3.63, 3.8) is 0 Å². The van der Waals surface area contributed by atoms with Crippen molar-refractivity contribution < 1.29 is 8.42 Å². The molecule has 0 bridgehead atoms. The van der Waals surface area contributed by atoms with Gasteiger partial charge in [0.05, 0.1) is 17.1 Å². The molecule has 1 aromatic heterocycles. The van der Waals surface area contributed by atoms with Gasteiger partial charge in [-0.3, -0.25) is 4.98 Å². The monoisotopic (exact) mass is 277 g/mol. The molecule has 0 spiro atoms. The van der Waals surface area contributed by atoms with Crippen LogP contribution in [0.3, 0.4) is 0 Å². The van der Waals surface area contributed by atoms with Gasteiger partial charge in [-0.05, 0) is 36.8 Å². The van der Waals surface area contributed by atoms with Crippen LogP contribution in [-0.4, -0.2) is 13.4 Å². The number of nitrogens with one attached hydrogen (secondary N) is 1. The number of primary sulfonamides is 1. The van der Waals surface area contributed by atoms with Gasteiger partial charge in [0.2, 0.25) is 10.0 Å². The summed E-state index contributed by atoms with van der Waals surface area (Å²) < 4.78 is 22.6. The van der Waals surface area contributed by atoms with Gasteiger partial charge in [-0.2, -0.15) is 0 Å². The summed E-state index contributed by atoms with van der Waals surface area (Å²) in [7, 11) is -3.68. The number of anilines is 1. The second-order valence-electron chi connectivity index (χ2n) is 4.20. The number of aromatic nitrogens is 1. The van der Waals surface area contributed by atoms with Crippen LogP contribution in [0.4, 0.5) is 5.69 Å². The average molecular weight is 277 g/mol. The van der Waals surface area contributed by atoms with Gasteiger partial charge >= 0.3 is 0 Å². The SMILES string of the molecule is Cc1ccc(S(N)(=O)=O)cc1NCc1ccccn1. The quantitative estimate of drug-likeness (QED) is 0.889. The molecule has 0 saturated heterocycles. The summed E-state index contributed by atoms with van der Waals surface area (Å²) in [6.45, 7) is 2.42. The fourth-order valence-electron chi connectivity index (χ4n) is 1.66. The van der Waals surface area contributed by atoms with E-state index in [1.54, 1.807) is 12.3 Å². The van der Waals surface area contributed by atoms with E-state index in [-0.39, 0.29) is 4.90 Å². The Balaban J connectivity index is 2.21. The predicted molar refractivity (Wildman–Crippen MR) is 74.1 cm³/mol. The Morgan fingerprint density at radius 1 is 1.26 bits per heavy atom. The molecule has 1 heterocycles. The lowest BCUT2D eigenvalue weighted by atomic mass is 10.2. The maximum atomic E-state index is 11.3. The minimum Gasteiger partial charge on any atom is -0.379 e. The summed E-state index contributed by atoms with van der Waals surface area (Å²) in [5.74, 6) is 0. The largest absolute Gasteiger partial charge is 0.379 e. The smallest absolute Gasteiger partial charge is 0.238 e. The first-order valence-electron chi connectivity index (χ1n) is 5.74. The highest BCUT2D eigenvalue weighted by atomic mass is 32.2. The summed E-state index contributed by atoms with van der Waals surface area (Å²) >= 11 is 0. The summed E-state index contributed by atoms with van der Waals surface area (Å²) in [5.41, 5.74) is 2.56. The third-order valence-electron chi connectivity index (χ3n) is 2.72. The lowest BCUT2D eigenvalue weighted by molar-refractivity contribution is 0.598. The Hall–Kier alpha value is -1.92. The van der Waals surface area contributed by atoms with Crippen LogP contribution in [0, 0.1) is 6.92 Å². The summed E-state index contributed by atoms with van der Waals surface area (Å²) in [6.07, 6.45) is 1.71. The first-order chi connectivity index (χ1) is 8.97. The molecule has 0 amide bonds. The molecule has 19 heavy (non-hydrogen) atoms. The minimum absolute atomic E-state index is 0.0987. The normalized spacial score (nSPS) is 11.3. The lowest BCUT2D eigenvalue weighted by Gasteiger charge is -2.10. The molecule has 1 aromatic carbocycles. The predicted octanol–water partition coefficient (Wildman–Crippen LogP) is 1.65. The molecule has 6 heteroatoms. The van der Waals surface area contributed by atoms with E-state index in [1.165, 1.54) is 12.1 Å². The number of nitrogens with zero attached hydrogens (tertiary/aromatic N) is 1. The van der Waals surface area contributed by atoms with Crippen LogP contribution in [0.2, 0.25) is 0 Å². The number of hydrogen-bond acceptors (Lipinski definition) is 4. The highest BCUT2D eigenvalue weighted by molar-refractivity contribution is 7.89. The second kappa shape index (κ2) is 5.38. The molecule has 100 valence electrons. The van der Waals surface area contributed by atoms with E-state index < -0.39 is 10.0 Å². The van der Waals surface area contributed by atoms with Gasteiger partial charge in [-0.15, -0.1) is 0 Å². The van der Waals surface area contributed by atoms with Gasteiger partial charge in [0.25, 0.3) is 0 Å². The highest BCUT2D eigenvalue weighted by Crippen LogP contribution is 2.19. The van der Waals surface area contributed by atoms with E-state index >= 15 is 0 Å².